The third-order valence-corrected chi connectivity index (χ3v) is 3.20. The van der Waals surface area contributed by atoms with Crippen LogP contribution in [0.25, 0.3) is 10.8 Å². The first kappa shape index (κ1) is 16.8. The Kier molecular flexibility index (Phi) is 5.30. The molecule has 0 aliphatic heterocycles. The minimum absolute atomic E-state index is 0.274. The molecule has 0 amide bonds. The Balaban J connectivity index is 0.000000174. The highest BCUT2D eigenvalue weighted by Crippen LogP contribution is 2.18. The second kappa shape index (κ2) is 7.59. The first-order chi connectivity index (χ1) is 11.5. The summed E-state index contributed by atoms with van der Waals surface area (Å²) >= 11 is 0. The fraction of sp³-hybridized carbons (Fsp3) is 0. The molecule has 3 aromatic carbocycles. The summed E-state index contributed by atoms with van der Waals surface area (Å²) in [4.78, 5) is 29.6. The molecule has 0 fully saturated rings. The molecule has 0 N–H and O–H groups in total. The van der Waals surface area contributed by atoms with Gasteiger partial charge in [0.15, 0.2) is 6.29 Å². The fourth-order valence-corrected chi connectivity index (χ4v) is 2.07. The highest BCUT2D eigenvalue weighted by molar-refractivity contribution is 5.97. The summed E-state index contributed by atoms with van der Waals surface area (Å²) in [6.45, 7) is 0. The van der Waals surface area contributed by atoms with Crippen molar-refractivity contribution >= 4 is 28.4 Å². The lowest BCUT2D eigenvalue weighted by Gasteiger charge is -1.98. The van der Waals surface area contributed by atoms with Gasteiger partial charge in [0.05, 0.1) is 15.9 Å². The maximum Gasteiger partial charge on any atom is 0.276 e. The molecule has 0 bridgehead atoms. The van der Waals surface area contributed by atoms with Gasteiger partial charge in [-0.3, -0.25) is 25.0 Å². The van der Waals surface area contributed by atoms with Crippen LogP contribution < -0.4 is 0 Å². The highest BCUT2D eigenvalue weighted by Gasteiger charge is 2.11. The Hall–Kier alpha value is -3.61. The molecule has 0 heterocycles. The van der Waals surface area contributed by atoms with Crippen LogP contribution in [0.4, 0.5) is 11.4 Å². The van der Waals surface area contributed by atoms with E-state index < -0.39 is 9.85 Å². The summed E-state index contributed by atoms with van der Waals surface area (Å²) in [5, 5.41) is 22.5. The van der Waals surface area contributed by atoms with E-state index in [-0.39, 0.29) is 11.4 Å². The van der Waals surface area contributed by atoms with Gasteiger partial charge in [-0.15, -0.1) is 0 Å². The number of rotatable bonds is 3. The molecule has 0 aromatic heterocycles. The summed E-state index contributed by atoms with van der Waals surface area (Å²) in [5.41, 5.74) is 0.210. The van der Waals surface area contributed by atoms with E-state index in [0.29, 0.717) is 0 Å². The summed E-state index contributed by atoms with van der Waals surface area (Å²) in [6, 6.07) is 18.2. The Morgan fingerprint density at radius 3 is 1.88 bits per heavy atom. The average Bonchev–Trinajstić information content (AvgIpc) is 2.61. The van der Waals surface area contributed by atoms with Crippen LogP contribution in [-0.4, -0.2) is 16.1 Å². The van der Waals surface area contributed by atoms with Crippen molar-refractivity contribution in [1.29, 1.82) is 0 Å². The largest absolute Gasteiger partial charge is 0.298 e. The van der Waals surface area contributed by atoms with E-state index in [2.05, 4.69) is 0 Å². The van der Waals surface area contributed by atoms with Gasteiger partial charge in [-0.1, -0.05) is 42.5 Å². The van der Waals surface area contributed by atoms with Gasteiger partial charge in [-0.05, 0) is 16.8 Å². The lowest BCUT2D eigenvalue weighted by molar-refractivity contribution is -0.394. The Morgan fingerprint density at radius 1 is 0.750 bits per heavy atom. The minimum Gasteiger partial charge on any atom is -0.298 e. The average molecular weight is 324 g/mol. The van der Waals surface area contributed by atoms with Gasteiger partial charge in [-0.25, -0.2) is 0 Å². The molecular formula is C17H12N2O5. The molecular weight excluding hydrogens is 312 g/mol. The highest BCUT2D eigenvalue weighted by atomic mass is 16.6. The smallest absolute Gasteiger partial charge is 0.276 e. The molecule has 3 rings (SSSR count). The topological polar surface area (TPSA) is 103 Å². The monoisotopic (exact) mass is 324 g/mol. The van der Waals surface area contributed by atoms with E-state index in [1.54, 1.807) is 0 Å². The predicted molar refractivity (Wildman–Crippen MR) is 89.1 cm³/mol. The van der Waals surface area contributed by atoms with E-state index in [9.17, 15) is 25.0 Å². The summed E-state index contributed by atoms with van der Waals surface area (Å²) < 4.78 is 0. The maximum absolute atomic E-state index is 10.6. The molecule has 0 saturated carbocycles. The number of fused-ring (bicyclic) bond motifs is 1. The fourth-order valence-electron chi connectivity index (χ4n) is 2.07. The molecule has 3 aromatic rings. The molecule has 0 unspecified atom stereocenters. The van der Waals surface area contributed by atoms with Crippen LogP contribution >= 0.6 is 0 Å². The summed E-state index contributed by atoms with van der Waals surface area (Å²) in [7, 11) is 0. The van der Waals surface area contributed by atoms with E-state index in [1.807, 2.05) is 42.5 Å². The SMILES string of the molecule is O=Cc1cccc2ccccc12.O=[N+]([O-])c1cccc([N+](=O)[O-])c1. The zero-order valence-corrected chi connectivity index (χ0v) is 12.4. The Morgan fingerprint density at radius 2 is 1.29 bits per heavy atom. The number of hydrogen-bond donors (Lipinski definition) is 0. The van der Waals surface area contributed by atoms with E-state index in [4.69, 9.17) is 0 Å². The van der Waals surface area contributed by atoms with Crippen LogP contribution in [0.3, 0.4) is 0 Å². The molecule has 0 aliphatic carbocycles. The molecule has 0 saturated heterocycles. The van der Waals surface area contributed by atoms with Crippen molar-refractivity contribution in [3.63, 3.8) is 0 Å². The molecule has 24 heavy (non-hydrogen) atoms. The van der Waals surface area contributed by atoms with Gasteiger partial charge in [0.2, 0.25) is 0 Å². The number of nitrogens with zero attached hydrogens (tertiary/aromatic N) is 2. The number of nitro benzene ring substituents is 2. The van der Waals surface area contributed by atoms with Crippen LogP contribution in [0.5, 0.6) is 0 Å². The molecule has 120 valence electrons. The number of carbonyl (C=O) groups is 1. The lowest BCUT2D eigenvalue weighted by atomic mass is 10.1. The van der Waals surface area contributed by atoms with Gasteiger partial charge < -0.3 is 0 Å². The van der Waals surface area contributed by atoms with Crippen molar-refractivity contribution in [2.75, 3.05) is 0 Å². The van der Waals surface area contributed by atoms with Crippen molar-refractivity contribution in [2.45, 2.75) is 0 Å². The number of aldehydes is 1. The molecule has 0 atom stereocenters. The molecule has 7 heteroatoms. The first-order valence-corrected chi connectivity index (χ1v) is 6.84. The van der Waals surface area contributed by atoms with Crippen molar-refractivity contribution in [3.8, 4) is 0 Å². The predicted octanol–water partition coefficient (Wildman–Crippen LogP) is 4.16. The van der Waals surface area contributed by atoms with E-state index in [1.165, 1.54) is 18.2 Å². The number of non-ortho nitro benzene ring substituents is 2. The molecule has 0 aliphatic rings. The van der Waals surface area contributed by atoms with Crippen molar-refractivity contribution in [1.82, 2.24) is 0 Å². The molecule has 7 nitrogen and oxygen atoms in total. The van der Waals surface area contributed by atoms with Gasteiger partial charge in [0.1, 0.15) is 0 Å². The second-order valence-corrected chi connectivity index (χ2v) is 4.72. The quantitative estimate of drug-likeness (QED) is 0.409. The van der Waals surface area contributed by atoms with Crippen LogP contribution in [0.15, 0.2) is 66.7 Å². The van der Waals surface area contributed by atoms with Crippen LogP contribution in [-0.2, 0) is 0 Å². The Bertz CT molecular complexity index is 874. The van der Waals surface area contributed by atoms with Crippen molar-refractivity contribution < 1.29 is 14.6 Å². The first-order valence-electron chi connectivity index (χ1n) is 6.84. The third-order valence-electron chi connectivity index (χ3n) is 3.20. The number of carbonyl (C=O) groups excluding carboxylic acids is 1. The van der Waals surface area contributed by atoms with E-state index in [0.717, 1.165) is 28.7 Å². The van der Waals surface area contributed by atoms with Crippen LogP contribution in [0.1, 0.15) is 10.4 Å². The second-order valence-electron chi connectivity index (χ2n) is 4.72. The van der Waals surface area contributed by atoms with Gasteiger partial charge in [0.25, 0.3) is 11.4 Å². The molecule has 0 radical (unpaired) electrons. The molecule has 0 spiro atoms. The normalized spacial score (nSPS) is 9.67. The number of nitro groups is 2. The zero-order valence-electron chi connectivity index (χ0n) is 12.4. The van der Waals surface area contributed by atoms with Gasteiger partial charge in [0, 0.05) is 17.7 Å². The van der Waals surface area contributed by atoms with Crippen LogP contribution in [0.2, 0.25) is 0 Å². The zero-order chi connectivity index (χ0) is 17.5. The van der Waals surface area contributed by atoms with Gasteiger partial charge >= 0.3 is 0 Å². The van der Waals surface area contributed by atoms with E-state index >= 15 is 0 Å². The maximum atomic E-state index is 10.6. The summed E-state index contributed by atoms with van der Waals surface area (Å²) in [5.74, 6) is 0. The lowest BCUT2D eigenvalue weighted by Crippen LogP contribution is -1.91. The Labute approximate surface area is 136 Å². The summed E-state index contributed by atoms with van der Waals surface area (Å²) in [6.07, 6.45) is 0.891. The number of hydrogen-bond acceptors (Lipinski definition) is 5. The third kappa shape index (κ3) is 3.98. The van der Waals surface area contributed by atoms with Crippen LogP contribution in [0, 0.1) is 20.2 Å². The van der Waals surface area contributed by atoms with Crippen molar-refractivity contribution in [2.24, 2.45) is 0 Å². The standard InChI is InChI=1S/C11H8O.C6H4N2O4/c12-8-10-6-3-5-9-4-1-2-7-11(9)10;9-7(10)5-2-1-3-6(4-5)8(11)12/h1-8H;1-4H. The minimum atomic E-state index is -0.674. The van der Waals surface area contributed by atoms with Gasteiger partial charge in [-0.2, -0.15) is 0 Å². The van der Waals surface area contributed by atoms with Crippen molar-refractivity contribution in [3.05, 3.63) is 92.5 Å². The number of benzene rings is 3.